The predicted octanol–water partition coefficient (Wildman–Crippen LogP) is -0.564. The molecule has 1 aliphatic rings. The van der Waals surface area contributed by atoms with Gasteiger partial charge in [-0.05, 0) is 12.5 Å². The average molecular weight is 196 g/mol. The van der Waals surface area contributed by atoms with Gasteiger partial charge in [0.15, 0.2) is 0 Å². The smallest absolute Gasteiger partial charge is 0.249 e. The van der Waals surface area contributed by atoms with E-state index < -0.39 is 17.9 Å². The summed E-state index contributed by atoms with van der Waals surface area (Å²) in [5.74, 6) is -1.26. The molecule has 0 aromatic carbocycles. The lowest BCUT2D eigenvalue weighted by Gasteiger charge is -2.32. The highest BCUT2D eigenvalue weighted by Gasteiger charge is 2.34. The van der Waals surface area contributed by atoms with Crippen molar-refractivity contribution in [3.8, 4) is 0 Å². The van der Waals surface area contributed by atoms with Gasteiger partial charge in [-0.1, -0.05) is 13.5 Å². The quantitative estimate of drug-likeness (QED) is 0.475. The molecule has 1 fully saturated rings. The minimum atomic E-state index is -0.557. The fourth-order valence-corrected chi connectivity index (χ4v) is 1.42. The summed E-state index contributed by atoms with van der Waals surface area (Å²) < 4.78 is 0. The zero-order valence-electron chi connectivity index (χ0n) is 7.95. The van der Waals surface area contributed by atoms with E-state index in [1.54, 1.807) is 6.92 Å². The van der Waals surface area contributed by atoms with Gasteiger partial charge in [0, 0.05) is 0 Å². The second-order valence-corrected chi connectivity index (χ2v) is 3.01. The minimum absolute atomic E-state index is 0.0743. The molecule has 1 atom stereocenters. The first-order chi connectivity index (χ1) is 6.60. The van der Waals surface area contributed by atoms with Crippen LogP contribution in [0.1, 0.15) is 13.3 Å². The fraction of sp³-hybridized carbons (Fsp3) is 0.444. The van der Waals surface area contributed by atoms with Crippen LogP contribution in [0, 0.1) is 0 Å². The van der Waals surface area contributed by atoms with Crippen molar-refractivity contribution in [2.24, 2.45) is 0 Å². The minimum Gasteiger partial charge on any atom is -0.318 e. The molecule has 1 N–H and O–H groups in total. The first kappa shape index (κ1) is 10.4. The maximum absolute atomic E-state index is 11.3. The molecule has 1 rings (SSSR count). The number of hydrogen-bond acceptors (Lipinski definition) is 3. The van der Waals surface area contributed by atoms with Gasteiger partial charge in [0.25, 0.3) is 0 Å². The average Bonchev–Trinajstić information content (AvgIpc) is 2.15. The summed E-state index contributed by atoms with van der Waals surface area (Å²) in [5, 5.41) is 2.18. The molecule has 0 saturated carbocycles. The number of hydrogen-bond donors (Lipinski definition) is 1. The van der Waals surface area contributed by atoms with Gasteiger partial charge in [-0.15, -0.1) is 0 Å². The number of rotatable bonds is 2. The Balaban J connectivity index is 2.88. The van der Waals surface area contributed by atoms with Crippen molar-refractivity contribution in [1.29, 1.82) is 0 Å². The molecule has 0 spiro atoms. The third kappa shape index (κ3) is 1.81. The van der Waals surface area contributed by atoms with Crippen LogP contribution in [0.2, 0.25) is 0 Å². The van der Waals surface area contributed by atoms with Crippen LogP contribution in [0.3, 0.4) is 0 Å². The van der Waals surface area contributed by atoms with Crippen molar-refractivity contribution < 1.29 is 14.4 Å². The van der Waals surface area contributed by atoms with Crippen LogP contribution >= 0.6 is 0 Å². The van der Waals surface area contributed by atoms with E-state index in [0.717, 1.165) is 6.08 Å². The molecule has 5 nitrogen and oxygen atoms in total. The van der Waals surface area contributed by atoms with E-state index in [2.05, 4.69) is 11.9 Å². The predicted molar refractivity (Wildman–Crippen MR) is 49.1 cm³/mol. The van der Waals surface area contributed by atoms with E-state index in [4.69, 9.17) is 0 Å². The van der Waals surface area contributed by atoms with E-state index >= 15 is 0 Å². The van der Waals surface area contributed by atoms with Gasteiger partial charge in [0.1, 0.15) is 12.6 Å². The number of amides is 3. The normalized spacial score (nSPS) is 21.8. The van der Waals surface area contributed by atoms with Crippen LogP contribution in [-0.2, 0) is 14.4 Å². The Morgan fingerprint density at radius 3 is 2.86 bits per heavy atom. The number of nitrogens with zero attached hydrogens (tertiary/aromatic N) is 1. The summed E-state index contributed by atoms with van der Waals surface area (Å²) in [6.07, 6.45) is 1.59. The van der Waals surface area contributed by atoms with Gasteiger partial charge in [-0.25, -0.2) is 0 Å². The van der Waals surface area contributed by atoms with Crippen LogP contribution in [0.15, 0.2) is 12.7 Å². The maximum Gasteiger partial charge on any atom is 0.249 e. The largest absolute Gasteiger partial charge is 0.318 e. The maximum atomic E-state index is 11.3. The molecule has 0 radical (unpaired) electrons. The molecule has 0 aromatic rings. The lowest BCUT2D eigenvalue weighted by atomic mass is 10.1. The highest BCUT2D eigenvalue weighted by molar-refractivity contribution is 6.05. The Morgan fingerprint density at radius 2 is 2.36 bits per heavy atom. The SMILES string of the molecule is C=CC(=O)N1CC(=O)NC(=O)C1CC. The molecule has 5 heteroatoms. The Labute approximate surface area is 81.8 Å². The van der Waals surface area contributed by atoms with Crippen molar-refractivity contribution in [3.05, 3.63) is 12.7 Å². The topological polar surface area (TPSA) is 66.5 Å². The van der Waals surface area contributed by atoms with Gasteiger partial charge in [0.05, 0.1) is 0 Å². The van der Waals surface area contributed by atoms with E-state index in [9.17, 15) is 14.4 Å². The highest BCUT2D eigenvalue weighted by Crippen LogP contribution is 2.09. The number of imide groups is 1. The molecule has 0 aliphatic carbocycles. The molecular weight excluding hydrogens is 184 g/mol. The fourth-order valence-electron chi connectivity index (χ4n) is 1.42. The van der Waals surface area contributed by atoms with Crippen molar-refractivity contribution in [2.45, 2.75) is 19.4 Å². The molecule has 1 saturated heterocycles. The Kier molecular flexibility index (Phi) is 3.01. The molecule has 1 aliphatic heterocycles. The van der Waals surface area contributed by atoms with E-state index in [1.165, 1.54) is 4.90 Å². The molecule has 0 aromatic heterocycles. The number of piperazine rings is 1. The van der Waals surface area contributed by atoms with Gasteiger partial charge in [-0.2, -0.15) is 0 Å². The van der Waals surface area contributed by atoms with Crippen molar-refractivity contribution in [3.63, 3.8) is 0 Å². The number of nitrogens with one attached hydrogen (secondary N) is 1. The second kappa shape index (κ2) is 4.04. The van der Waals surface area contributed by atoms with Crippen LogP contribution in [0.5, 0.6) is 0 Å². The zero-order valence-corrected chi connectivity index (χ0v) is 7.95. The summed E-state index contributed by atoms with van der Waals surface area (Å²) in [6, 6.07) is -0.557. The van der Waals surface area contributed by atoms with Gasteiger partial charge in [0.2, 0.25) is 17.7 Å². The lowest BCUT2D eigenvalue weighted by molar-refractivity contribution is -0.147. The Morgan fingerprint density at radius 1 is 1.71 bits per heavy atom. The summed E-state index contributed by atoms with van der Waals surface area (Å²) in [7, 11) is 0. The standard InChI is InChI=1S/C9H12N2O3/c1-3-6-9(14)10-7(12)5-11(6)8(13)4-2/h4,6H,2-3,5H2,1H3,(H,10,12,14). The third-order valence-electron chi connectivity index (χ3n) is 2.10. The first-order valence-corrected chi connectivity index (χ1v) is 4.36. The first-order valence-electron chi connectivity index (χ1n) is 4.36. The molecule has 76 valence electrons. The third-order valence-corrected chi connectivity index (χ3v) is 2.10. The molecule has 0 bridgehead atoms. The monoisotopic (exact) mass is 196 g/mol. The van der Waals surface area contributed by atoms with Gasteiger partial charge >= 0.3 is 0 Å². The Hall–Kier alpha value is -1.65. The van der Waals surface area contributed by atoms with Gasteiger partial charge < -0.3 is 4.90 Å². The van der Waals surface area contributed by atoms with E-state index in [0.29, 0.717) is 6.42 Å². The summed E-state index contributed by atoms with van der Waals surface area (Å²) >= 11 is 0. The zero-order chi connectivity index (χ0) is 10.7. The van der Waals surface area contributed by atoms with E-state index in [1.807, 2.05) is 0 Å². The summed E-state index contributed by atoms with van der Waals surface area (Å²) in [6.45, 7) is 5.03. The van der Waals surface area contributed by atoms with Crippen molar-refractivity contribution in [2.75, 3.05) is 6.54 Å². The number of carbonyl (C=O) groups is 3. The van der Waals surface area contributed by atoms with Gasteiger partial charge in [-0.3, -0.25) is 19.7 Å². The van der Waals surface area contributed by atoms with Crippen LogP contribution < -0.4 is 5.32 Å². The molecule has 14 heavy (non-hydrogen) atoms. The van der Waals surface area contributed by atoms with Crippen LogP contribution in [0.25, 0.3) is 0 Å². The summed E-state index contributed by atoms with van der Waals surface area (Å²) in [4.78, 5) is 34.8. The molecule has 1 unspecified atom stereocenters. The van der Waals surface area contributed by atoms with Crippen molar-refractivity contribution in [1.82, 2.24) is 10.2 Å². The molecule has 3 amide bonds. The van der Waals surface area contributed by atoms with Crippen LogP contribution in [0.4, 0.5) is 0 Å². The highest BCUT2D eigenvalue weighted by atomic mass is 16.2. The summed E-state index contributed by atoms with van der Waals surface area (Å²) in [5.41, 5.74) is 0. The van der Waals surface area contributed by atoms with E-state index in [-0.39, 0.29) is 12.5 Å². The van der Waals surface area contributed by atoms with Crippen LogP contribution in [-0.4, -0.2) is 35.2 Å². The molecule has 1 heterocycles. The second-order valence-electron chi connectivity index (χ2n) is 3.01. The van der Waals surface area contributed by atoms with Crippen molar-refractivity contribution >= 4 is 17.7 Å². The lowest BCUT2D eigenvalue weighted by Crippen LogP contribution is -2.59. The Bertz CT molecular complexity index is 298. The number of carbonyl (C=O) groups excluding carboxylic acids is 3. The molecular formula is C9H12N2O3.